The van der Waals surface area contributed by atoms with Crippen molar-refractivity contribution in [3.8, 4) is 0 Å². The fourth-order valence-corrected chi connectivity index (χ4v) is 5.27. The fraction of sp³-hybridized carbons (Fsp3) is 0.440. The van der Waals surface area contributed by atoms with Crippen LogP contribution in [0.2, 0.25) is 0 Å². The molecule has 1 aliphatic rings. The van der Waals surface area contributed by atoms with Crippen LogP contribution >= 0.6 is 0 Å². The van der Waals surface area contributed by atoms with Gasteiger partial charge in [0, 0.05) is 31.7 Å². The smallest absolute Gasteiger partial charge is 0.264 e. The summed E-state index contributed by atoms with van der Waals surface area (Å²) in [5.41, 5.74) is 0.840. The van der Waals surface area contributed by atoms with Crippen LogP contribution < -0.4 is 9.62 Å². The number of nitrogens with one attached hydrogen (secondary N) is 1. The van der Waals surface area contributed by atoms with Crippen LogP contribution in [-0.2, 0) is 14.8 Å². The van der Waals surface area contributed by atoms with Crippen molar-refractivity contribution in [2.24, 2.45) is 5.92 Å². The highest BCUT2D eigenvalue weighted by Crippen LogP contribution is 2.26. The molecule has 2 aromatic rings. The largest absolute Gasteiger partial charge is 0.356 e. The SMILES string of the molecule is CCCCNC(=O)C1CCC(C)N(C(=O)c2cccc(S(=O)(=O)N(C)c3ccccc3)c2)C1. The molecule has 0 bridgehead atoms. The first-order valence-electron chi connectivity index (χ1n) is 11.5. The first-order valence-corrected chi connectivity index (χ1v) is 12.9. The van der Waals surface area contributed by atoms with Crippen LogP contribution in [0.1, 0.15) is 49.9 Å². The molecule has 0 saturated carbocycles. The van der Waals surface area contributed by atoms with Crippen molar-refractivity contribution in [1.82, 2.24) is 10.2 Å². The summed E-state index contributed by atoms with van der Waals surface area (Å²) in [6.45, 7) is 5.01. The van der Waals surface area contributed by atoms with Gasteiger partial charge >= 0.3 is 0 Å². The molecular formula is C25H33N3O4S. The quantitative estimate of drug-likeness (QED) is 0.595. The van der Waals surface area contributed by atoms with E-state index in [4.69, 9.17) is 0 Å². The van der Waals surface area contributed by atoms with Crippen LogP contribution in [-0.4, -0.2) is 51.3 Å². The van der Waals surface area contributed by atoms with E-state index in [2.05, 4.69) is 12.2 Å². The van der Waals surface area contributed by atoms with Crippen molar-refractivity contribution < 1.29 is 18.0 Å². The molecule has 0 aliphatic carbocycles. The van der Waals surface area contributed by atoms with Gasteiger partial charge in [-0.1, -0.05) is 37.6 Å². The van der Waals surface area contributed by atoms with Gasteiger partial charge in [0.25, 0.3) is 15.9 Å². The number of sulfonamides is 1. The molecule has 8 heteroatoms. The van der Waals surface area contributed by atoms with Crippen molar-refractivity contribution in [1.29, 1.82) is 0 Å². The lowest BCUT2D eigenvalue weighted by Crippen LogP contribution is -2.49. The first kappa shape index (κ1) is 24.8. The van der Waals surface area contributed by atoms with E-state index in [0.29, 0.717) is 24.3 Å². The van der Waals surface area contributed by atoms with Crippen LogP contribution in [0.4, 0.5) is 5.69 Å². The lowest BCUT2D eigenvalue weighted by Gasteiger charge is -2.37. The summed E-state index contributed by atoms with van der Waals surface area (Å²) in [7, 11) is -2.34. The summed E-state index contributed by atoms with van der Waals surface area (Å²) in [4.78, 5) is 27.6. The fourth-order valence-electron chi connectivity index (χ4n) is 4.03. The molecule has 2 amide bonds. The molecule has 2 aromatic carbocycles. The van der Waals surface area contributed by atoms with Gasteiger partial charge in [-0.25, -0.2) is 8.42 Å². The Morgan fingerprint density at radius 1 is 1.09 bits per heavy atom. The summed E-state index contributed by atoms with van der Waals surface area (Å²) in [6, 6.07) is 14.9. The summed E-state index contributed by atoms with van der Waals surface area (Å²) in [5, 5.41) is 2.96. The van der Waals surface area contributed by atoms with Crippen LogP contribution in [0.25, 0.3) is 0 Å². The molecule has 1 N–H and O–H groups in total. The molecular weight excluding hydrogens is 438 g/mol. The Bertz CT molecular complexity index is 1070. The van der Waals surface area contributed by atoms with Gasteiger partial charge in [-0.15, -0.1) is 0 Å². The molecule has 0 aromatic heterocycles. The van der Waals surface area contributed by atoms with E-state index < -0.39 is 10.0 Å². The van der Waals surface area contributed by atoms with E-state index in [1.54, 1.807) is 41.3 Å². The van der Waals surface area contributed by atoms with Gasteiger partial charge in [0.05, 0.1) is 16.5 Å². The molecule has 1 saturated heterocycles. The number of carbonyl (C=O) groups excluding carboxylic acids is 2. The number of benzene rings is 2. The molecule has 3 rings (SSSR count). The average molecular weight is 472 g/mol. The maximum absolute atomic E-state index is 13.3. The Morgan fingerprint density at radius 3 is 2.52 bits per heavy atom. The maximum atomic E-state index is 13.3. The Balaban J connectivity index is 1.78. The molecule has 2 unspecified atom stereocenters. The van der Waals surface area contributed by atoms with E-state index >= 15 is 0 Å². The highest BCUT2D eigenvalue weighted by molar-refractivity contribution is 7.92. The van der Waals surface area contributed by atoms with Gasteiger partial charge < -0.3 is 10.2 Å². The number of amides is 2. The predicted molar refractivity (Wildman–Crippen MR) is 130 cm³/mol. The van der Waals surface area contributed by atoms with E-state index in [-0.39, 0.29) is 28.7 Å². The molecule has 1 fully saturated rings. The Labute approximate surface area is 196 Å². The number of piperidine rings is 1. The van der Waals surface area contributed by atoms with Crippen LogP contribution in [0, 0.1) is 5.92 Å². The van der Waals surface area contributed by atoms with Crippen molar-refractivity contribution >= 4 is 27.5 Å². The molecule has 1 aliphatic heterocycles. The number of anilines is 1. The number of nitrogens with zero attached hydrogens (tertiary/aromatic N) is 2. The van der Waals surface area contributed by atoms with Crippen molar-refractivity contribution in [2.75, 3.05) is 24.4 Å². The highest BCUT2D eigenvalue weighted by atomic mass is 32.2. The van der Waals surface area contributed by atoms with Crippen molar-refractivity contribution in [2.45, 2.75) is 50.5 Å². The van der Waals surface area contributed by atoms with Gasteiger partial charge in [0.1, 0.15) is 0 Å². The minimum absolute atomic E-state index is 0.0195. The number of hydrogen-bond donors (Lipinski definition) is 1. The molecule has 7 nitrogen and oxygen atoms in total. The highest BCUT2D eigenvalue weighted by Gasteiger charge is 2.33. The number of hydrogen-bond acceptors (Lipinski definition) is 4. The standard InChI is InChI=1S/C25H33N3O4S/c1-4-5-16-26-24(29)21-15-14-19(2)28(18-21)25(30)20-10-9-13-23(17-20)33(31,32)27(3)22-11-7-6-8-12-22/h6-13,17,19,21H,4-5,14-16,18H2,1-3H3,(H,26,29). The number of carbonyl (C=O) groups is 2. The number of rotatable bonds is 8. The van der Waals surface area contributed by atoms with Gasteiger partial charge in [0.2, 0.25) is 5.91 Å². The van der Waals surface area contributed by atoms with Crippen LogP contribution in [0.5, 0.6) is 0 Å². The Kier molecular flexibility index (Phi) is 8.13. The number of unbranched alkanes of at least 4 members (excludes halogenated alkanes) is 1. The van der Waals surface area contributed by atoms with Gasteiger partial charge in [0.15, 0.2) is 0 Å². The first-order chi connectivity index (χ1) is 15.8. The molecule has 33 heavy (non-hydrogen) atoms. The van der Waals surface area contributed by atoms with Crippen LogP contribution in [0.3, 0.4) is 0 Å². The lowest BCUT2D eigenvalue weighted by molar-refractivity contribution is -0.126. The normalized spacial score (nSPS) is 18.6. The third kappa shape index (κ3) is 5.74. The average Bonchev–Trinajstić information content (AvgIpc) is 2.84. The van der Waals surface area contributed by atoms with Crippen molar-refractivity contribution in [3.05, 3.63) is 60.2 Å². The Hall–Kier alpha value is -2.87. The minimum atomic E-state index is -3.83. The summed E-state index contributed by atoms with van der Waals surface area (Å²) >= 11 is 0. The second-order valence-corrected chi connectivity index (χ2v) is 10.5. The van der Waals surface area contributed by atoms with Gasteiger partial charge in [-0.2, -0.15) is 0 Å². The minimum Gasteiger partial charge on any atom is -0.356 e. The van der Waals surface area contributed by atoms with Crippen molar-refractivity contribution in [3.63, 3.8) is 0 Å². The van der Waals surface area contributed by atoms with E-state index in [1.807, 2.05) is 13.0 Å². The zero-order chi connectivity index (χ0) is 24.0. The summed E-state index contributed by atoms with van der Waals surface area (Å²) in [5.74, 6) is -0.528. The Morgan fingerprint density at radius 2 is 1.82 bits per heavy atom. The molecule has 0 radical (unpaired) electrons. The third-order valence-electron chi connectivity index (χ3n) is 6.20. The summed E-state index contributed by atoms with van der Waals surface area (Å²) in [6.07, 6.45) is 3.40. The number of para-hydroxylation sites is 1. The molecule has 178 valence electrons. The summed E-state index contributed by atoms with van der Waals surface area (Å²) < 4.78 is 27.5. The monoisotopic (exact) mass is 471 g/mol. The zero-order valence-electron chi connectivity index (χ0n) is 19.5. The van der Waals surface area contributed by atoms with E-state index in [0.717, 1.165) is 25.7 Å². The van der Waals surface area contributed by atoms with Gasteiger partial charge in [-0.05, 0) is 56.5 Å². The van der Waals surface area contributed by atoms with E-state index in [9.17, 15) is 18.0 Å². The molecule has 0 spiro atoms. The third-order valence-corrected chi connectivity index (χ3v) is 7.98. The van der Waals surface area contributed by atoms with Gasteiger partial charge in [-0.3, -0.25) is 13.9 Å². The van der Waals surface area contributed by atoms with Crippen LogP contribution in [0.15, 0.2) is 59.5 Å². The lowest BCUT2D eigenvalue weighted by atomic mass is 9.92. The molecule has 1 heterocycles. The maximum Gasteiger partial charge on any atom is 0.264 e. The van der Waals surface area contributed by atoms with E-state index in [1.165, 1.54) is 23.5 Å². The second kappa shape index (κ2) is 10.8. The zero-order valence-corrected chi connectivity index (χ0v) is 20.3. The molecule has 2 atom stereocenters. The predicted octanol–water partition coefficient (Wildman–Crippen LogP) is 3.67. The number of likely N-dealkylation sites (tertiary alicyclic amines) is 1. The second-order valence-electron chi connectivity index (χ2n) is 8.56. The topological polar surface area (TPSA) is 86.8 Å².